The zero-order valence-corrected chi connectivity index (χ0v) is 18.1. The summed E-state index contributed by atoms with van der Waals surface area (Å²) in [6.07, 6.45) is -6.03. The molecule has 9 atom stereocenters. The van der Waals surface area contributed by atoms with E-state index in [0.717, 1.165) is 18.0 Å². The SMILES string of the molecule is COC(=O)C1=CO[C@@H](O[C@@H]2O[C@H](CO)[C@@H](O)[C@H](O)[C@H]2O)[C@@H]2C(COC(=O)SC)=C[C@@H](O)[C@H]12. The number of ether oxygens (including phenoxy) is 5. The van der Waals surface area contributed by atoms with Crippen molar-refractivity contribution in [3.63, 3.8) is 0 Å². The lowest BCUT2D eigenvalue weighted by atomic mass is 9.82. The number of hydrogen-bond acceptors (Lipinski definition) is 13. The molecule has 0 bridgehead atoms. The van der Waals surface area contributed by atoms with E-state index < -0.39 is 72.8 Å². The van der Waals surface area contributed by atoms with E-state index in [1.807, 2.05) is 0 Å². The number of aliphatic hydroxyl groups excluding tert-OH is 5. The smallest absolute Gasteiger partial charge is 0.367 e. The van der Waals surface area contributed by atoms with E-state index in [-0.39, 0.29) is 12.2 Å². The highest BCUT2D eigenvalue weighted by Crippen LogP contribution is 2.45. The van der Waals surface area contributed by atoms with Crippen molar-refractivity contribution in [3.05, 3.63) is 23.5 Å². The Balaban J connectivity index is 1.86. The maximum absolute atomic E-state index is 12.2. The number of methoxy groups -OCH3 is 1. The van der Waals surface area contributed by atoms with Crippen molar-refractivity contribution in [2.45, 2.75) is 43.1 Å². The molecule has 3 aliphatic rings. The molecule has 1 saturated heterocycles. The molecule has 5 N–H and O–H groups in total. The van der Waals surface area contributed by atoms with Crippen LogP contribution >= 0.6 is 11.8 Å². The second-order valence-corrected chi connectivity index (χ2v) is 8.17. The summed E-state index contributed by atoms with van der Waals surface area (Å²) in [6.45, 7) is -0.868. The summed E-state index contributed by atoms with van der Waals surface area (Å²) < 4.78 is 26.5. The van der Waals surface area contributed by atoms with Gasteiger partial charge in [-0.15, -0.1) is 0 Å². The molecule has 2 aliphatic heterocycles. The molecule has 0 aromatic carbocycles. The van der Waals surface area contributed by atoms with Gasteiger partial charge < -0.3 is 49.2 Å². The van der Waals surface area contributed by atoms with E-state index >= 15 is 0 Å². The van der Waals surface area contributed by atoms with Crippen LogP contribution in [-0.2, 0) is 28.5 Å². The monoisotopic (exact) mass is 478 g/mol. The fourth-order valence-electron chi connectivity index (χ4n) is 3.98. The number of thioether (sulfide) groups is 1. The summed E-state index contributed by atoms with van der Waals surface area (Å²) in [5.74, 6) is -2.44. The number of aliphatic hydroxyl groups is 5. The first-order valence-corrected chi connectivity index (χ1v) is 10.9. The Morgan fingerprint density at radius 3 is 2.44 bits per heavy atom. The Kier molecular flexibility index (Phi) is 8.16. The molecular formula is C19H26O12S. The minimum Gasteiger partial charge on any atom is -0.471 e. The van der Waals surface area contributed by atoms with Crippen LogP contribution in [0.15, 0.2) is 23.5 Å². The molecule has 3 rings (SSSR count). The van der Waals surface area contributed by atoms with Crippen LogP contribution in [0.25, 0.3) is 0 Å². The van der Waals surface area contributed by atoms with Crippen LogP contribution in [0, 0.1) is 11.8 Å². The van der Waals surface area contributed by atoms with Crippen LogP contribution in [0.5, 0.6) is 0 Å². The Morgan fingerprint density at radius 1 is 1.09 bits per heavy atom. The van der Waals surface area contributed by atoms with Gasteiger partial charge in [0.15, 0.2) is 6.29 Å². The van der Waals surface area contributed by atoms with Crippen molar-refractivity contribution < 1.29 is 58.8 Å². The summed E-state index contributed by atoms with van der Waals surface area (Å²) >= 11 is 0.853. The molecule has 2 heterocycles. The fraction of sp³-hybridized carbons (Fsp3) is 0.684. The number of hydrogen-bond donors (Lipinski definition) is 5. The number of rotatable bonds is 6. The van der Waals surface area contributed by atoms with Gasteiger partial charge in [-0.3, -0.25) is 0 Å². The first-order valence-electron chi connectivity index (χ1n) is 9.72. The van der Waals surface area contributed by atoms with E-state index in [2.05, 4.69) is 0 Å². The van der Waals surface area contributed by atoms with Gasteiger partial charge in [0.05, 0.1) is 37.6 Å². The molecule has 0 spiro atoms. The van der Waals surface area contributed by atoms with Crippen LogP contribution in [0.4, 0.5) is 4.79 Å². The van der Waals surface area contributed by atoms with Gasteiger partial charge in [0.1, 0.15) is 31.0 Å². The van der Waals surface area contributed by atoms with Crippen molar-refractivity contribution in [1.29, 1.82) is 0 Å². The molecule has 0 aromatic rings. The number of carbonyl (C=O) groups excluding carboxylic acids is 2. The third-order valence-electron chi connectivity index (χ3n) is 5.61. The Labute approximate surface area is 187 Å². The van der Waals surface area contributed by atoms with Gasteiger partial charge in [-0.2, -0.15) is 0 Å². The third-order valence-corrected chi connectivity index (χ3v) is 6.06. The zero-order chi connectivity index (χ0) is 23.6. The van der Waals surface area contributed by atoms with Crippen molar-refractivity contribution in [1.82, 2.24) is 0 Å². The van der Waals surface area contributed by atoms with Gasteiger partial charge in [-0.25, -0.2) is 9.59 Å². The maximum Gasteiger partial charge on any atom is 0.367 e. The van der Waals surface area contributed by atoms with Crippen LogP contribution in [-0.4, -0.2) is 106 Å². The quantitative estimate of drug-likeness (QED) is 0.214. The molecule has 1 fully saturated rings. The highest BCUT2D eigenvalue weighted by atomic mass is 32.2. The van der Waals surface area contributed by atoms with Gasteiger partial charge in [-0.1, -0.05) is 6.08 Å². The van der Waals surface area contributed by atoms with E-state index in [1.165, 1.54) is 19.4 Å². The predicted octanol–water partition coefficient (Wildman–Crippen LogP) is -1.75. The lowest BCUT2D eigenvalue weighted by molar-refractivity contribution is -0.340. The summed E-state index contributed by atoms with van der Waals surface area (Å²) in [5, 5.41) is 49.6. The van der Waals surface area contributed by atoms with Gasteiger partial charge in [0.25, 0.3) is 0 Å². The Hall–Kier alpha value is -1.71. The van der Waals surface area contributed by atoms with Crippen molar-refractivity contribution in [2.24, 2.45) is 11.8 Å². The molecule has 0 aromatic heterocycles. The summed E-state index contributed by atoms with van der Waals surface area (Å²) in [6, 6.07) is 0. The second kappa shape index (κ2) is 10.5. The van der Waals surface area contributed by atoms with Crippen LogP contribution in [0.1, 0.15) is 0 Å². The number of carbonyl (C=O) groups is 2. The minimum atomic E-state index is -1.69. The molecule has 0 radical (unpaired) electrons. The fourth-order valence-corrected chi connectivity index (χ4v) is 4.16. The van der Waals surface area contributed by atoms with E-state index in [9.17, 15) is 35.1 Å². The largest absolute Gasteiger partial charge is 0.471 e. The van der Waals surface area contributed by atoms with Crippen LogP contribution in [0.2, 0.25) is 0 Å². The van der Waals surface area contributed by atoms with Gasteiger partial charge in [0.2, 0.25) is 6.29 Å². The van der Waals surface area contributed by atoms with Crippen molar-refractivity contribution in [3.8, 4) is 0 Å². The standard InChI is InChI=1S/C19H26O12S/c1-27-16(25)8-6-28-17(31-18-15(24)14(23)13(22)10(4-20)30-18)11-7(3-9(21)12(8)11)5-29-19(26)32-2/h3,6,9-15,17-18,20-24H,4-5H2,1-2H3/t9-,10-,11-,12+,13-,14+,15-,17+,18+/m1/s1. The lowest BCUT2D eigenvalue weighted by Crippen LogP contribution is -2.60. The van der Waals surface area contributed by atoms with E-state index in [0.29, 0.717) is 5.57 Å². The molecule has 0 unspecified atom stereocenters. The normalized spacial score (nSPS) is 38.8. The Morgan fingerprint density at radius 2 is 1.81 bits per heavy atom. The highest BCUT2D eigenvalue weighted by Gasteiger charge is 2.52. The summed E-state index contributed by atoms with van der Waals surface area (Å²) in [5.41, 5.74) is 0.426. The van der Waals surface area contributed by atoms with E-state index in [4.69, 9.17) is 23.7 Å². The topological polar surface area (TPSA) is 181 Å². The van der Waals surface area contributed by atoms with Crippen LogP contribution in [0.3, 0.4) is 0 Å². The van der Waals surface area contributed by atoms with Gasteiger partial charge in [0, 0.05) is 5.92 Å². The average molecular weight is 478 g/mol. The summed E-state index contributed by atoms with van der Waals surface area (Å²) in [7, 11) is 1.17. The van der Waals surface area contributed by atoms with Crippen LogP contribution < -0.4 is 0 Å². The Bertz CT molecular complexity index is 767. The molecule has 13 heteroatoms. The van der Waals surface area contributed by atoms with Gasteiger partial charge >= 0.3 is 11.3 Å². The molecule has 0 amide bonds. The number of fused-ring (bicyclic) bond motifs is 1. The second-order valence-electron chi connectivity index (χ2n) is 7.43. The third kappa shape index (κ3) is 4.79. The van der Waals surface area contributed by atoms with Crippen molar-refractivity contribution in [2.75, 3.05) is 26.6 Å². The zero-order valence-electron chi connectivity index (χ0n) is 17.3. The average Bonchev–Trinajstić information content (AvgIpc) is 3.14. The van der Waals surface area contributed by atoms with Crippen molar-refractivity contribution >= 4 is 23.0 Å². The molecule has 1 aliphatic carbocycles. The van der Waals surface area contributed by atoms with Gasteiger partial charge in [-0.05, 0) is 23.6 Å². The first-order chi connectivity index (χ1) is 15.2. The maximum atomic E-state index is 12.2. The molecule has 0 saturated carbocycles. The lowest BCUT2D eigenvalue weighted by Gasteiger charge is -2.43. The minimum absolute atomic E-state index is 0.0288. The number of esters is 1. The molecule has 32 heavy (non-hydrogen) atoms. The van der Waals surface area contributed by atoms with E-state index in [1.54, 1.807) is 0 Å². The molecular weight excluding hydrogens is 452 g/mol. The highest BCUT2D eigenvalue weighted by molar-refractivity contribution is 8.12. The predicted molar refractivity (Wildman–Crippen MR) is 106 cm³/mol. The first kappa shape index (κ1) is 24.9. The summed E-state index contributed by atoms with van der Waals surface area (Å²) in [4.78, 5) is 23.8. The molecule has 180 valence electrons. The molecule has 12 nitrogen and oxygen atoms in total.